The quantitative estimate of drug-likeness (QED) is 0.0512. The molecule has 2 aliphatic rings. The van der Waals surface area contributed by atoms with Crippen LogP contribution in [0, 0.1) is 0 Å². The number of nitrogens with one attached hydrogen (secondary N) is 6. The van der Waals surface area contributed by atoms with Crippen molar-refractivity contribution in [3.8, 4) is 16.9 Å². The molecule has 24 nitrogen and oxygen atoms in total. The average molecular weight is 896 g/mol. The van der Waals surface area contributed by atoms with Gasteiger partial charge in [0.1, 0.15) is 58.7 Å². The summed E-state index contributed by atoms with van der Waals surface area (Å²) in [6, 6.07) is 15.0. The number of nitrogen functional groups attached to an aromatic ring is 1. The van der Waals surface area contributed by atoms with E-state index in [1.165, 1.54) is 0 Å². The van der Waals surface area contributed by atoms with Crippen LogP contribution in [0.25, 0.3) is 21.9 Å². The van der Waals surface area contributed by atoms with Crippen molar-refractivity contribution in [1.82, 2.24) is 61.8 Å². The lowest BCUT2D eigenvalue weighted by Gasteiger charge is -2.28. The molecule has 4 aromatic carbocycles. The maximum Gasteiger partial charge on any atom is 0.324 e. The molecule has 8 rings (SSSR count). The van der Waals surface area contributed by atoms with Crippen LogP contribution in [-0.4, -0.2) is 71.5 Å². The number of nitrogens with zero attached hydrogens (tertiary/aromatic N) is 8. The zero-order chi connectivity index (χ0) is 46.5. The third-order valence-electron chi connectivity index (χ3n) is 10.6. The summed E-state index contributed by atoms with van der Waals surface area (Å²) < 4.78 is 0. The van der Waals surface area contributed by atoms with E-state index in [1.54, 1.807) is 42.5 Å². The number of anilines is 1. The Labute approximate surface area is 375 Å². The number of phenols is 1. The minimum atomic E-state index is -0.835. The number of carbonyl (C=O) groups is 4. The highest BCUT2D eigenvalue weighted by Crippen LogP contribution is 2.46. The van der Waals surface area contributed by atoms with Crippen LogP contribution in [0.3, 0.4) is 0 Å². The Morgan fingerprint density at radius 2 is 0.909 bits per heavy atom. The summed E-state index contributed by atoms with van der Waals surface area (Å²) in [6.07, 6.45) is -1.18. The van der Waals surface area contributed by atoms with Crippen molar-refractivity contribution < 1.29 is 24.3 Å². The van der Waals surface area contributed by atoms with Gasteiger partial charge in [-0.05, 0) is 45.3 Å². The number of urea groups is 4. The van der Waals surface area contributed by atoms with Gasteiger partial charge in [-0.25, -0.2) is 49.1 Å². The van der Waals surface area contributed by atoms with Gasteiger partial charge in [0, 0.05) is 31.2 Å². The molecule has 17 N–H and O–H groups in total. The van der Waals surface area contributed by atoms with Crippen LogP contribution >= 0.6 is 0 Å². The van der Waals surface area contributed by atoms with E-state index < -0.39 is 36.5 Å². The van der Waals surface area contributed by atoms with E-state index in [2.05, 4.69) is 61.8 Å². The third kappa shape index (κ3) is 9.75. The molecule has 0 aliphatic carbocycles. The molecular weight excluding hydrogens is 851 g/mol. The van der Waals surface area contributed by atoms with Crippen molar-refractivity contribution >= 4 is 52.0 Å². The number of carbonyl (C=O) groups excluding carboxylic acids is 4. The second-order valence-corrected chi connectivity index (χ2v) is 15.1. The Bertz CT molecular complexity index is 2720. The highest BCUT2D eigenvalue weighted by molar-refractivity contribution is 6.06. The number of hydrogen-bond donors (Lipinski definition) is 12. The second-order valence-electron chi connectivity index (χ2n) is 15.1. The summed E-state index contributed by atoms with van der Waals surface area (Å²) in [6.45, 7) is 0.260. The molecule has 4 heterocycles. The van der Waals surface area contributed by atoms with Gasteiger partial charge in [0.2, 0.25) is 0 Å². The molecule has 24 heteroatoms. The largest absolute Gasteiger partial charge is 0.507 e. The lowest BCUT2D eigenvalue weighted by atomic mass is 9.88. The Morgan fingerprint density at radius 3 is 1.35 bits per heavy atom. The van der Waals surface area contributed by atoms with Crippen molar-refractivity contribution in [3.63, 3.8) is 0 Å². The van der Waals surface area contributed by atoms with Gasteiger partial charge >= 0.3 is 24.1 Å². The smallest absolute Gasteiger partial charge is 0.324 e. The molecule has 2 saturated heterocycles. The molecule has 6 aromatic rings. The normalized spacial score (nSPS) is 14.4. The first-order valence-electron chi connectivity index (χ1n) is 20.6. The standard InChI is InChI=1S/C42H45N19O5/c43-15-30-48-26(49-31(16-44)52-30)13-22-5-2-6-23(14-27-50-32(17-45)53-33(18-46)51-27)36(22)60-61-37-25(47)10-8-19-7-9-24(38(62)35(19)37)34-20(11-28-54-39(63)58-40(64)55-28)3-1-4-21(34)12-29-56-41(65)59-42(66)57-29/h1-10,28-29,62H,11-18,43-47H2,(H3,54,55,58,63,64)(H3,56,57,59,65,66). The summed E-state index contributed by atoms with van der Waals surface area (Å²) in [5.41, 5.74) is 34.4. The molecular formula is C42H45N19O5. The van der Waals surface area contributed by atoms with E-state index in [0.717, 1.165) is 0 Å². The van der Waals surface area contributed by atoms with Crippen molar-refractivity contribution in [2.45, 2.75) is 64.2 Å². The van der Waals surface area contributed by atoms with Gasteiger partial charge in [-0.1, -0.05) is 48.5 Å². The Hall–Kier alpha value is -8.32. The molecule has 0 atom stereocenters. The van der Waals surface area contributed by atoms with Gasteiger partial charge in [0.25, 0.3) is 0 Å². The number of nitrogens with two attached hydrogens (primary N) is 5. The molecule has 2 aliphatic heterocycles. The van der Waals surface area contributed by atoms with Gasteiger partial charge < -0.3 is 55.0 Å². The number of aromatic nitrogens is 6. The molecule has 2 fully saturated rings. The minimum Gasteiger partial charge on any atom is -0.507 e. The summed E-state index contributed by atoms with van der Waals surface area (Å²) in [7, 11) is 0. The maximum absolute atomic E-state index is 12.5. The maximum atomic E-state index is 12.5. The Morgan fingerprint density at radius 1 is 0.515 bits per heavy atom. The van der Waals surface area contributed by atoms with Crippen LogP contribution < -0.4 is 60.6 Å². The van der Waals surface area contributed by atoms with E-state index in [0.29, 0.717) is 79.4 Å². The predicted octanol–water partition coefficient (Wildman–Crippen LogP) is 1.38. The van der Waals surface area contributed by atoms with Crippen molar-refractivity contribution in [1.29, 1.82) is 0 Å². The summed E-state index contributed by atoms with van der Waals surface area (Å²) in [4.78, 5) is 76.0. The van der Waals surface area contributed by atoms with Crippen LogP contribution in [-0.2, 0) is 51.9 Å². The first-order valence-corrected chi connectivity index (χ1v) is 20.6. The summed E-state index contributed by atoms with van der Waals surface area (Å²) >= 11 is 0. The topological polar surface area (TPSA) is 393 Å². The number of rotatable bonds is 15. The molecule has 0 bridgehead atoms. The van der Waals surface area contributed by atoms with Gasteiger partial charge in [-0.3, -0.25) is 10.6 Å². The van der Waals surface area contributed by atoms with E-state index in [1.807, 2.05) is 18.2 Å². The molecule has 0 unspecified atom stereocenters. The Kier molecular flexibility index (Phi) is 12.9. The van der Waals surface area contributed by atoms with E-state index in [-0.39, 0.29) is 74.4 Å². The van der Waals surface area contributed by atoms with Crippen LogP contribution in [0.2, 0.25) is 0 Å². The van der Waals surface area contributed by atoms with Crippen LogP contribution in [0.4, 0.5) is 36.2 Å². The van der Waals surface area contributed by atoms with Crippen LogP contribution in [0.1, 0.15) is 57.2 Å². The number of phenolic OH excluding ortho intramolecular Hbond substituents is 1. The molecule has 0 radical (unpaired) electrons. The number of benzene rings is 4. The summed E-state index contributed by atoms with van der Waals surface area (Å²) in [5, 5.41) is 37.9. The molecule has 0 spiro atoms. The number of azo groups is 1. The minimum absolute atomic E-state index is 0.0651. The number of fused-ring (bicyclic) bond motifs is 1. The second kappa shape index (κ2) is 19.2. The number of amides is 8. The van der Waals surface area contributed by atoms with Gasteiger partial charge in [-0.15, -0.1) is 10.2 Å². The van der Waals surface area contributed by atoms with E-state index in [9.17, 15) is 24.3 Å². The van der Waals surface area contributed by atoms with Crippen LogP contribution in [0.5, 0.6) is 5.75 Å². The Balaban J connectivity index is 1.27. The fraction of sp³-hybridized carbons (Fsp3) is 0.238. The molecule has 2 aromatic heterocycles. The van der Waals surface area contributed by atoms with E-state index >= 15 is 0 Å². The fourth-order valence-corrected chi connectivity index (χ4v) is 7.81. The molecule has 0 saturated carbocycles. The summed E-state index contributed by atoms with van der Waals surface area (Å²) in [5.74, 6) is 2.02. The van der Waals surface area contributed by atoms with Crippen LogP contribution in [0.15, 0.2) is 70.9 Å². The monoisotopic (exact) mass is 895 g/mol. The predicted molar refractivity (Wildman–Crippen MR) is 238 cm³/mol. The zero-order valence-electron chi connectivity index (χ0n) is 35.1. The first kappa shape index (κ1) is 44.3. The molecule has 338 valence electrons. The first-order chi connectivity index (χ1) is 31.9. The van der Waals surface area contributed by atoms with Crippen molar-refractivity contribution in [2.75, 3.05) is 5.73 Å². The highest BCUT2D eigenvalue weighted by Gasteiger charge is 2.28. The number of hydrogen-bond acceptors (Lipinski definition) is 18. The fourth-order valence-electron chi connectivity index (χ4n) is 7.81. The van der Waals surface area contributed by atoms with Crippen molar-refractivity contribution in [3.05, 3.63) is 118 Å². The number of imide groups is 2. The third-order valence-corrected chi connectivity index (χ3v) is 10.6. The average Bonchev–Trinajstić information content (AvgIpc) is 3.29. The van der Waals surface area contributed by atoms with Gasteiger partial charge in [0.05, 0.1) is 42.9 Å². The van der Waals surface area contributed by atoms with Gasteiger partial charge in [0.15, 0.2) is 0 Å². The SMILES string of the molecule is NCc1nc(CN)nc(Cc2cccc(Cc3nc(CN)nc(CN)n3)c2N=Nc2c(N)ccc3ccc(-c4c(CC5NC(=O)NC(=O)N5)cccc4CC4NC(=O)NC(=O)N4)c(O)c23)n1. The van der Waals surface area contributed by atoms with Crippen molar-refractivity contribution in [2.24, 2.45) is 33.2 Å². The van der Waals surface area contributed by atoms with Gasteiger partial charge in [-0.2, -0.15) is 0 Å². The lowest BCUT2D eigenvalue weighted by molar-refractivity contribution is 0.207. The zero-order valence-corrected chi connectivity index (χ0v) is 35.1. The lowest BCUT2D eigenvalue weighted by Crippen LogP contribution is -2.62. The molecule has 8 amide bonds. The molecule has 66 heavy (non-hydrogen) atoms. The highest BCUT2D eigenvalue weighted by atomic mass is 16.3. The number of aromatic hydroxyl groups is 1. The van der Waals surface area contributed by atoms with E-state index in [4.69, 9.17) is 38.9 Å².